The summed E-state index contributed by atoms with van der Waals surface area (Å²) in [6.07, 6.45) is 5.94. The van der Waals surface area contributed by atoms with Crippen LogP contribution in [0.3, 0.4) is 0 Å². The minimum atomic E-state index is -0.0918. The van der Waals surface area contributed by atoms with E-state index in [1.54, 1.807) is 12.0 Å². The van der Waals surface area contributed by atoms with Crippen molar-refractivity contribution < 1.29 is 14.3 Å². The summed E-state index contributed by atoms with van der Waals surface area (Å²) in [7, 11) is 1.62. The molecule has 34 heavy (non-hydrogen) atoms. The van der Waals surface area contributed by atoms with Crippen LogP contribution < -0.4 is 15.2 Å². The van der Waals surface area contributed by atoms with Crippen LogP contribution in [0.2, 0.25) is 0 Å². The summed E-state index contributed by atoms with van der Waals surface area (Å²) in [4.78, 5) is 22.3. The van der Waals surface area contributed by atoms with Gasteiger partial charge in [0.15, 0.2) is 5.65 Å². The number of rotatable bonds is 6. The molecule has 1 aliphatic carbocycles. The number of amides is 1. The summed E-state index contributed by atoms with van der Waals surface area (Å²) in [6, 6.07) is 5.58. The van der Waals surface area contributed by atoms with E-state index in [0.29, 0.717) is 53.9 Å². The number of carbonyl (C=O) groups excluding carboxylic acids is 1. The first-order valence-electron chi connectivity index (χ1n) is 11.3. The largest absolute Gasteiger partial charge is 0.497 e. The molecule has 9 nitrogen and oxygen atoms in total. The number of fused-ring (bicyclic) bond motifs is 1. The molecular weight excluding hydrogens is 432 g/mol. The number of likely N-dealkylation sites (tertiary alicyclic amines) is 1. The number of anilines is 1. The zero-order valence-corrected chi connectivity index (χ0v) is 19.0. The second-order valence-corrected chi connectivity index (χ2v) is 8.58. The fourth-order valence-electron chi connectivity index (χ4n) is 4.08. The maximum absolute atomic E-state index is 12.0. The predicted octanol–water partition coefficient (Wildman–Crippen LogP) is 2.57. The van der Waals surface area contributed by atoms with Crippen LogP contribution in [0.1, 0.15) is 36.6 Å². The molecule has 1 saturated carbocycles. The van der Waals surface area contributed by atoms with Crippen LogP contribution >= 0.6 is 0 Å². The van der Waals surface area contributed by atoms with Crippen LogP contribution in [-0.2, 0) is 4.79 Å². The Hall–Kier alpha value is -4.06. The van der Waals surface area contributed by atoms with E-state index in [2.05, 4.69) is 28.4 Å². The topological polar surface area (TPSA) is 108 Å². The van der Waals surface area contributed by atoms with Gasteiger partial charge in [-0.3, -0.25) is 4.79 Å². The van der Waals surface area contributed by atoms with Gasteiger partial charge in [-0.05, 0) is 49.3 Å². The number of methoxy groups -OCH3 is 1. The molecule has 3 heterocycles. The molecule has 2 aromatic heterocycles. The summed E-state index contributed by atoms with van der Waals surface area (Å²) in [5, 5.41) is 5.34. The second-order valence-electron chi connectivity index (χ2n) is 8.58. The number of hydrogen-bond acceptors (Lipinski definition) is 7. The molecule has 1 aromatic carbocycles. The molecule has 174 valence electrons. The van der Waals surface area contributed by atoms with Crippen LogP contribution in [0, 0.1) is 17.8 Å². The Morgan fingerprint density at radius 2 is 2.06 bits per heavy atom. The Morgan fingerprint density at radius 1 is 1.24 bits per heavy atom. The van der Waals surface area contributed by atoms with Crippen molar-refractivity contribution in [3.05, 3.63) is 48.4 Å². The van der Waals surface area contributed by atoms with Crippen LogP contribution in [0.25, 0.3) is 11.0 Å². The van der Waals surface area contributed by atoms with Crippen molar-refractivity contribution in [3.63, 3.8) is 0 Å². The van der Waals surface area contributed by atoms with Crippen molar-refractivity contribution in [1.29, 1.82) is 0 Å². The first-order valence-corrected chi connectivity index (χ1v) is 11.3. The number of nitrogen functional groups attached to an aromatic ring is 1. The Morgan fingerprint density at radius 3 is 2.82 bits per heavy atom. The van der Waals surface area contributed by atoms with E-state index in [9.17, 15) is 4.79 Å². The van der Waals surface area contributed by atoms with Crippen molar-refractivity contribution in [2.45, 2.75) is 25.3 Å². The first kappa shape index (κ1) is 21.8. The van der Waals surface area contributed by atoms with Gasteiger partial charge in [-0.25, -0.2) is 14.6 Å². The van der Waals surface area contributed by atoms with E-state index in [1.165, 1.54) is 25.2 Å². The molecular formula is C25H26N6O3. The molecule has 5 rings (SSSR count). The van der Waals surface area contributed by atoms with Gasteiger partial charge in [-0.2, -0.15) is 5.10 Å². The van der Waals surface area contributed by atoms with Crippen LogP contribution in [0.5, 0.6) is 11.5 Å². The number of benzene rings is 1. The van der Waals surface area contributed by atoms with E-state index in [-0.39, 0.29) is 11.9 Å². The van der Waals surface area contributed by atoms with E-state index in [1.807, 2.05) is 22.9 Å². The van der Waals surface area contributed by atoms with Crippen molar-refractivity contribution in [1.82, 2.24) is 24.6 Å². The lowest BCUT2D eigenvalue weighted by Gasteiger charge is -2.14. The van der Waals surface area contributed by atoms with Gasteiger partial charge in [0.1, 0.15) is 29.3 Å². The molecule has 0 bridgehead atoms. The summed E-state index contributed by atoms with van der Waals surface area (Å²) >= 11 is 0. The van der Waals surface area contributed by atoms with Gasteiger partial charge in [0.2, 0.25) is 5.91 Å². The highest BCUT2D eigenvalue weighted by molar-refractivity contribution is 5.91. The molecule has 0 radical (unpaired) electrons. The highest BCUT2D eigenvalue weighted by Gasteiger charge is 2.29. The molecule has 1 saturated heterocycles. The van der Waals surface area contributed by atoms with Crippen LogP contribution in [-0.4, -0.2) is 57.4 Å². The third-order valence-corrected chi connectivity index (χ3v) is 6.14. The molecule has 9 heteroatoms. The fraction of sp³-hybridized carbons (Fsp3) is 0.360. The van der Waals surface area contributed by atoms with Gasteiger partial charge in [0.25, 0.3) is 0 Å². The smallest absolute Gasteiger partial charge is 0.246 e. The average molecular weight is 459 g/mol. The zero-order chi connectivity index (χ0) is 23.7. The molecule has 0 spiro atoms. The number of hydrogen-bond donors (Lipinski definition) is 1. The summed E-state index contributed by atoms with van der Waals surface area (Å²) in [5.74, 6) is 8.58. The number of nitrogens with two attached hydrogens (primary N) is 1. The normalized spacial score (nSPS) is 17.3. The summed E-state index contributed by atoms with van der Waals surface area (Å²) in [5.41, 5.74) is 8.03. The number of carbonyl (C=O) groups is 1. The number of aromatic nitrogens is 4. The minimum Gasteiger partial charge on any atom is -0.497 e. The van der Waals surface area contributed by atoms with E-state index >= 15 is 0 Å². The third kappa shape index (κ3) is 4.39. The number of nitrogens with zero attached hydrogens (tertiary/aromatic N) is 5. The Labute approximate surface area is 197 Å². The standard InChI is InChI=1S/C25H26N6O3/c1-3-22(32)30-9-8-18(13-30)31-25-23(24(26)27-15-28-25)21(29-31)7-6-17-10-19(33-2)12-20(11-17)34-14-16-4-5-16/h3,10-12,15-16,18H,1,4-5,8-9,13-14H2,2H3,(H2,26,27,28)/t18-/m0/s1. The number of ether oxygens (including phenoxy) is 2. The van der Waals surface area contributed by atoms with Crippen LogP contribution in [0.15, 0.2) is 37.2 Å². The zero-order valence-electron chi connectivity index (χ0n) is 19.0. The van der Waals surface area contributed by atoms with Gasteiger partial charge < -0.3 is 20.1 Å². The Kier molecular flexibility index (Phi) is 5.80. The highest BCUT2D eigenvalue weighted by Crippen LogP contribution is 2.31. The van der Waals surface area contributed by atoms with Gasteiger partial charge in [-0.1, -0.05) is 12.5 Å². The monoisotopic (exact) mass is 458 g/mol. The Balaban J connectivity index is 1.48. The molecule has 3 aromatic rings. The molecule has 2 fully saturated rings. The van der Waals surface area contributed by atoms with E-state index < -0.39 is 0 Å². The lowest BCUT2D eigenvalue weighted by atomic mass is 10.2. The van der Waals surface area contributed by atoms with Crippen molar-refractivity contribution in [2.75, 3.05) is 32.5 Å². The quantitative estimate of drug-likeness (QED) is 0.447. The maximum atomic E-state index is 12.0. The summed E-state index contributed by atoms with van der Waals surface area (Å²) in [6.45, 7) is 5.44. The van der Waals surface area contributed by atoms with Gasteiger partial charge in [0.05, 0.1) is 25.1 Å². The second kappa shape index (κ2) is 9.06. The van der Waals surface area contributed by atoms with Crippen LogP contribution in [0.4, 0.5) is 5.82 Å². The average Bonchev–Trinajstić information content (AvgIpc) is 3.42. The maximum Gasteiger partial charge on any atom is 0.246 e. The van der Waals surface area contributed by atoms with E-state index in [4.69, 9.17) is 20.3 Å². The lowest BCUT2D eigenvalue weighted by Crippen LogP contribution is -2.27. The summed E-state index contributed by atoms with van der Waals surface area (Å²) < 4.78 is 13.1. The van der Waals surface area contributed by atoms with Crippen molar-refractivity contribution in [3.8, 4) is 23.3 Å². The predicted molar refractivity (Wildman–Crippen MR) is 127 cm³/mol. The highest BCUT2D eigenvalue weighted by atomic mass is 16.5. The molecule has 2 N–H and O–H groups in total. The van der Waals surface area contributed by atoms with Crippen molar-refractivity contribution in [2.24, 2.45) is 5.92 Å². The molecule has 0 unspecified atom stereocenters. The first-order chi connectivity index (χ1) is 16.6. The van der Waals surface area contributed by atoms with Gasteiger partial charge in [-0.15, -0.1) is 0 Å². The van der Waals surface area contributed by atoms with Crippen molar-refractivity contribution >= 4 is 22.8 Å². The molecule has 1 atom stereocenters. The fourth-order valence-corrected chi connectivity index (χ4v) is 4.08. The Bertz CT molecular complexity index is 1320. The molecule has 1 aliphatic heterocycles. The molecule has 1 amide bonds. The van der Waals surface area contributed by atoms with E-state index in [0.717, 1.165) is 17.7 Å². The van der Waals surface area contributed by atoms with Gasteiger partial charge in [0, 0.05) is 24.7 Å². The lowest BCUT2D eigenvalue weighted by molar-refractivity contribution is -0.125. The third-order valence-electron chi connectivity index (χ3n) is 6.14. The van der Waals surface area contributed by atoms with Gasteiger partial charge >= 0.3 is 0 Å². The minimum absolute atomic E-state index is 0.0319. The SMILES string of the molecule is C=CC(=O)N1CC[C@H](n2nc(C#Cc3cc(OC)cc(OCC4CC4)c3)c3c(N)ncnc32)C1. The molecule has 2 aliphatic rings.